The second kappa shape index (κ2) is 6.08. The quantitative estimate of drug-likeness (QED) is 0.908. The average Bonchev–Trinajstić information content (AvgIpc) is 3.41. The molecule has 0 spiro atoms. The molecule has 23 heavy (non-hydrogen) atoms. The van der Waals surface area contributed by atoms with Gasteiger partial charge in [-0.05, 0) is 37.1 Å². The molecule has 1 amide bonds. The average molecular weight is 331 g/mol. The van der Waals surface area contributed by atoms with E-state index in [1.807, 2.05) is 12.1 Å². The van der Waals surface area contributed by atoms with E-state index in [1.54, 1.807) is 25.1 Å². The van der Waals surface area contributed by atoms with E-state index in [2.05, 4.69) is 15.5 Å². The number of hydrogen-bond acceptors (Lipinski definition) is 5. The third-order valence-corrected chi connectivity index (χ3v) is 5.35. The first-order chi connectivity index (χ1) is 11.0. The maximum atomic E-state index is 11.7. The molecule has 0 bridgehead atoms. The lowest BCUT2D eigenvalue weighted by atomic mass is 10.1. The topological polar surface area (TPSA) is 89.0 Å². The SMILES string of the molecule is CCS(=O)(=O)c1ccc(-c2ccc(NC(=O)C3CC3)cc2)nn1. The van der Waals surface area contributed by atoms with E-state index in [0.717, 1.165) is 24.1 Å². The van der Waals surface area contributed by atoms with Gasteiger partial charge in [-0.15, -0.1) is 10.2 Å². The minimum Gasteiger partial charge on any atom is -0.326 e. The summed E-state index contributed by atoms with van der Waals surface area (Å²) >= 11 is 0. The number of sulfone groups is 1. The van der Waals surface area contributed by atoms with Gasteiger partial charge in [0.05, 0.1) is 11.4 Å². The fourth-order valence-electron chi connectivity index (χ4n) is 2.10. The summed E-state index contributed by atoms with van der Waals surface area (Å²) < 4.78 is 23.4. The summed E-state index contributed by atoms with van der Waals surface area (Å²) in [5.41, 5.74) is 2.13. The zero-order chi connectivity index (χ0) is 16.4. The van der Waals surface area contributed by atoms with Crippen LogP contribution in [0, 0.1) is 5.92 Å². The van der Waals surface area contributed by atoms with Gasteiger partial charge in [0, 0.05) is 17.2 Å². The smallest absolute Gasteiger partial charge is 0.227 e. The second-order valence-corrected chi connectivity index (χ2v) is 7.73. The number of aromatic nitrogens is 2. The number of nitrogens with zero attached hydrogens (tertiary/aromatic N) is 2. The standard InChI is InChI=1S/C16H17N3O3S/c1-2-23(21,22)15-10-9-14(18-19-15)11-5-7-13(8-6-11)17-16(20)12-3-4-12/h5-10,12H,2-4H2,1H3,(H,17,20). The first-order valence-electron chi connectivity index (χ1n) is 7.47. The Morgan fingerprint density at radius 3 is 2.35 bits per heavy atom. The molecule has 1 saturated carbocycles. The molecule has 0 atom stereocenters. The molecule has 1 heterocycles. The van der Waals surface area contributed by atoms with Crippen molar-refractivity contribution in [2.75, 3.05) is 11.1 Å². The highest BCUT2D eigenvalue weighted by atomic mass is 32.2. The lowest BCUT2D eigenvalue weighted by Gasteiger charge is -2.06. The van der Waals surface area contributed by atoms with Crippen LogP contribution in [0.25, 0.3) is 11.3 Å². The lowest BCUT2D eigenvalue weighted by Crippen LogP contribution is -2.13. The summed E-state index contributed by atoms with van der Waals surface area (Å²) in [7, 11) is -3.34. The monoisotopic (exact) mass is 331 g/mol. The first-order valence-corrected chi connectivity index (χ1v) is 9.12. The fourth-order valence-corrected chi connectivity index (χ4v) is 2.84. The van der Waals surface area contributed by atoms with Crippen LogP contribution in [0.2, 0.25) is 0 Å². The Kier molecular flexibility index (Phi) is 4.12. The van der Waals surface area contributed by atoms with Crippen LogP contribution in [-0.4, -0.2) is 30.3 Å². The van der Waals surface area contributed by atoms with E-state index in [4.69, 9.17) is 0 Å². The second-order valence-electron chi connectivity index (χ2n) is 5.50. The Labute approximate surface area is 134 Å². The van der Waals surface area contributed by atoms with Gasteiger partial charge in [0.1, 0.15) is 0 Å². The molecule has 3 rings (SSSR count). The van der Waals surface area contributed by atoms with Crippen molar-refractivity contribution in [3.8, 4) is 11.3 Å². The number of nitrogens with one attached hydrogen (secondary N) is 1. The summed E-state index contributed by atoms with van der Waals surface area (Å²) in [5.74, 6) is 0.219. The van der Waals surface area contributed by atoms with Gasteiger partial charge in [-0.3, -0.25) is 4.79 Å². The summed E-state index contributed by atoms with van der Waals surface area (Å²) in [5, 5.41) is 10.6. The maximum Gasteiger partial charge on any atom is 0.227 e. The van der Waals surface area contributed by atoms with Crippen molar-refractivity contribution < 1.29 is 13.2 Å². The number of anilines is 1. The van der Waals surface area contributed by atoms with Gasteiger partial charge >= 0.3 is 0 Å². The van der Waals surface area contributed by atoms with Crippen LogP contribution in [0.4, 0.5) is 5.69 Å². The predicted molar refractivity (Wildman–Crippen MR) is 86.5 cm³/mol. The van der Waals surface area contributed by atoms with Gasteiger partial charge < -0.3 is 5.32 Å². The molecule has 0 unspecified atom stereocenters. The number of benzene rings is 1. The van der Waals surface area contributed by atoms with Crippen LogP contribution < -0.4 is 5.32 Å². The molecule has 0 aliphatic heterocycles. The maximum absolute atomic E-state index is 11.7. The fraction of sp³-hybridized carbons (Fsp3) is 0.312. The Morgan fingerprint density at radius 1 is 1.13 bits per heavy atom. The van der Waals surface area contributed by atoms with E-state index >= 15 is 0 Å². The summed E-state index contributed by atoms with van der Waals surface area (Å²) in [6.45, 7) is 1.57. The normalized spacial score (nSPS) is 14.5. The number of carbonyl (C=O) groups is 1. The Bertz CT molecular complexity index is 811. The van der Waals surface area contributed by atoms with Gasteiger partial charge in [-0.2, -0.15) is 0 Å². The largest absolute Gasteiger partial charge is 0.326 e. The summed E-state index contributed by atoms with van der Waals surface area (Å²) in [4.78, 5) is 11.7. The molecule has 2 aromatic rings. The highest BCUT2D eigenvalue weighted by Crippen LogP contribution is 2.30. The molecule has 7 heteroatoms. The van der Waals surface area contributed by atoms with Gasteiger partial charge in [-0.25, -0.2) is 8.42 Å². The minimum atomic E-state index is -3.34. The Hall–Kier alpha value is -2.28. The zero-order valence-electron chi connectivity index (χ0n) is 12.7. The number of hydrogen-bond donors (Lipinski definition) is 1. The number of amides is 1. The van der Waals surface area contributed by atoms with Crippen molar-refractivity contribution in [2.45, 2.75) is 24.8 Å². The van der Waals surface area contributed by atoms with E-state index in [1.165, 1.54) is 6.07 Å². The zero-order valence-corrected chi connectivity index (χ0v) is 13.5. The molecule has 1 aliphatic rings. The van der Waals surface area contributed by atoms with Crippen molar-refractivity contribution in [3.63, 3.8) is 0 Å². The highest BCUT2D eigenvalue weighted by molar-refractivity contribution is 7.91. The third-order valence-electron chi connectivity index (χ3n) is 3.74. The van der Waals surface area contributed by atoms with E-state index in [9.17, 15) is 13.2 Å². The van der Waals surface area contributed by atoms with Gasteiger partial charge in [0.25, 0.3) is 0 Å². The van der Waals surface area contributed by atoms with E-state index < -0.39 is 9.84 Å². The number of carbonyl (C=O) groups excluding carboxylic acids is 1. The van der Waals surface area contributed by atoms with Crippen LogP contribution in [0.5, 0.6) is 0 Å². The van der Waals surface area contributed by atoms with Crippen molar-refractivity contribution >= 4 is 21.4 Å². The Balaban J connectivity index is 1.75. The molecule has 120 valence electrons. The van der Waals surface area contributed by atoms with Gasteiger partial charge in [0.15, 0.2) is 14.9 Å². The van der Waals surface area contributed by atoms with Crippen molar-refractivity contribution in [1.82, 2.24) is 10.2 Å². The molecular weight excluding hydrogens is 314 g/mol. The summed E-state index contributed by atoms with van der Waals surface area (Å²) in [6.07, 6.45) is 1.93. The van der Waals surface area contributed by atoms with E-state index in [0.29, 0.717) is 5.69 Å². The molecule has 1 aromatic carbocycles. The van der Waals surface area contributed by atoms with Crippen LogP contribution in [-0.2, 0) is 14.6 Å². The molecule has 1 N–H and O–H groups in total. The third kappa shape index (κ3) is 3.56. The lowest BCUT2D eigenvalue weighted by molar-refractivity contribution is -0.117. The Morgan fingerprint density at radius 2 is 1.83 bits per heavy atom. The molecule has 0 saturated heterocycles. The van der Waals surface area contributed by atoms with Crippen molar-refractivity contribution in [1.29, 1.82) is 0 Å². The molecule has 0 radical (unpaired) electrons. The molecule has 1 aliphatic carbocycles. The van der Waals surface area contributed by atoms with Crippen molar-refractivity contribution in [3.05, 3.63) is 36.4 Å². The van der Waals surface area contributed by atoms with Gasteiger partial charge in [-0.1, -0.05) is 19.1 Å². The predicted octanol–water partition coefficient (Wildman–Crippen LogP) is 2.29. The van der Waals surface area contributed by atoms with Crippen LogP contribution in [0.15, 0.2) is 41.4 Å². The van der Waals surface area contributed by atoms with Crippen LogP contribution in [0.3, 0.4) is 0 Å². The first kappa shape index (κ1) is 15.6. The van der Waals surface area contributed by atoms with E-state index in [-0.39, 0.29) is 22.6 Å². The molecule has 6 nitrogen and oxygen atoms in total. The van der Waals surface area contributed by atoms with Crippen LogP contribution >= 0.6 is 0 Å². The highest BCUT2D eigenvalue weighted by Gasteiger charge is 2.29. The molecule has 1 aromatic heterocycles. The minimum absolute atomic E-state index is 0.00356. The molecule has 1 fully saturated rings. The van der Waals surface area contributed by atoms with Crippen LogP contribution in [0.1, 0.15) is 19.8 Å². The van der Waals surface area contributed by atoms with Crippen molar-refractivity contribution in [2.24, 2.45) is 5.92 Å². The summed E-state index contributed by atoms with van der Waals surface area (Å²) in [6, 6.07) is 10.3. The molecular formula is C16H17N3O3S. The number of rotatable bonds is 5. The van der Waals surface area contributed by atoms with Gasteiger partial charge in [0.2, 0.25) is 5.91 Å².